The maximum atomic E-state index is 13.6. The quantitative estimate of drug-likeness (QED) is 0.597. The summed E-state index contributed by atoms with van der Waals surface area (Å²) in [7, 11) is 0. The Kier molecular flexibility index (Phi) is 6.12. The van der Waals surface area contributed by atoms with Crippen LogP contribution in [0.4, 0.5) is 5.82 Å². The van der Waals surface area contributed by atoms with Gasteiger partial charge in [0.2, 0.25) is 0 Å². The highest BCUT2D eigenvalue weighted by atomic mass is 16.3. The summed E-state index contributed by atoms with van der Waals surface area (Å²) in [5.74, 6) is 0.104. The molecular weight excluding hydrogens is 340 g/mol. The van der Waals surface area contributed by atoms with Gasteiger partial charge < -0.3 is 10.2 Å². The molecule has 27 heavy (non-hydrogen) atoms. The number of phenolic OH excluding ortho intramolecular Hbond substituents is 2. The van der Waals surface area contributed by atoms with Gasteiger partial charge in [0.1, 0.15) is 5.82 Å². The van der Waals surface area contributed by atoms with Crippen molar-refractivity contribution < 1.29 is 15.0 Å². The third-order valence-electron chi connectivity index (χ3n) is 4.98. The molecule has 1 fully saturated rings. The van der Waals surface area contributed by atoms with Gasteiger partial charge in [-0.05, 0) is 49.1 Å². The molecule has 1 aromatic heterocycles. The Bertz CT molecular complexity index is 812. The van der Waals surface area contributed by atoms with E-state index in [1.807, 2.05) is 36.1 Å². The van der Waals surface area contributed by atoms with Crippen LogP contribution in [0.2, 0.25) is 0 Å². The lowest BCUT2D eigenvalue weighted by molar-refractivity contribution is -0.114. The molecule has 1 aliphatic carbocycles. The number of amides is 1. The third kappa shape index (κ3) is 4.30. The molecule has 1 amide bonds. The summed E-state index contributed by atoms with van der Waals surface area (Å²) in [6, 6.07) is 10.2. The maximum Gasteiger partial charge on any atom is 0.259 e. The van der Waals surface area contributed by atoms with Gasteiger partial charge in [-0.3, -0.25) is 9.69 Å². The van der Waals surface area contributed by atoms with Crippen molar-refractivity contribution in [3.63, 3.8) is 0 Å². The zero-order chi connectivity index (χ0) is 19.2. The molecule has 0 aliphatic heterocycles. The number of hydrogen-bond donors (Lipinski definition) is 2. The lowest BCUT2D eigenvalue weighted by atomic mass is 9.92. The fraction of sp³-hybridized carbons (Fsp3) is 0.364. The lowest BCUT2D eigenvalue weighted by Crippen LogP contribution is -2.42. The van der Waals surface area contributed by atoms with Crippen LogP contribution < -0.4 is 4.90 Å². The molecule has 2 aromatic rings. The molecule has 0 radical (unpaired) electrons. The Morgan fingerprint density at radius 3 is 2.56 bits per heavy atom. The number of hydrogen-bond acceptors (Lipinski definition) is 4. The summed E-state index contributed by atoms with van der Waals surface area (Å²) in [6.07, 6.45) is 9.59. The standard InChI is InChI=1S/C22H26N2O3/c1-2-8-18(16-12-13-19(25)20(26)15-16)22(27)24(17-9-4-3-5-10-17)21-11-6-7-14-23-21/h6-8,11-15,17,25-26H,2-5,9-10H2,1H3/b18-8+. The van der Waals surface area contributed by atoms with Crippen molar-refractivity contribution in [2.45, 2.75) is 51.5 Å². The zero-order valence-corrected chi connectivity index (χ0v) is 15.6. The van der Waals surface area contributed by atoms with Crippen molar-refractivity contribution >= 4 is 17.3 Å². The molecule has 0 saturated heterocycles. The van der Waals surface area contributed by atoms with E-state index < -0.39 is 0 Å². The van der Waals surface area contributed by atoms with Gasteiger partial charge in [-0.1, -0.05) is 44.4 Å². The van der Waals surface area contributed by atoms with Crippen LogP contribution >= 0.6 is 0 Å². The lowest BCUT2D eigenvalue weighted by Gasteiger charge is -2.34. The number of aromatic hydroxyl groups is 2. The average molecular weight is 366 g/mol. The zero-order valence-electron chi connectivity index (χ0n) is 15.6. The summed E-state index contributed by atoms with van der Waals surface area (Å²) in [6.45, 7) is 1.97. The topological polar surface area (TPSA) is 73.7 Å². The first kappa shape index (κ1) is 19.0. The number of pyridine rings is 1. The van der Waals surface area contributed by atoms with E-state index in [9.17, 15) is 15.0 Å². The Hall–Kier alpha value is -2.82. The SMILES string of the molecule is CC/C=C(/C(=O)N(c1ccccn1)C1CCCCC1)c1ccc(O)c(O)c1. The van der Waals surface area contributed by atoms with Crippen LogP contribution in [-0.2, 0) is 4.79 Å². The molecule has 2 N–H and O–H groups in total. The van der Waals surface area contributed by atoms with Crippen LogP contribution in [0.15, 0.2) is 48.7 Å². The van der Waals surface area contributed by atoms with Gasteiger partial charge in [0.15, 0.2) is 11.5 Å². The van der Waals surface area contributed by atoms with Crippen LogP contribution in [0.3, 0.4) is 0 Å². The fourth-order valence-electron chi connectivity index (χ4n) is 3.65. The second kappa shape index (κ2) is 8.71. The van der Waals surface area contributed by atoms with E-state index in [1.165, 1.54) is 18.6 Å². The van der Waals surface area contributed by atoms with Crippen LogP contribution in [0.5, 0.6) is 11.5 Å². The molecule has 142 valence electrons. The van der Waals surface area contributed by atoms with Gasteiger partial charge >= 0.3 is 0 Å². The smallest absolute Gasteiger partial charge is 0.259 e. The van der Waals surface area contributed by atoms with Gasteiger partial charge in [0.25, 0.3) is 5.91 Å². The molecule has 3 rings (SSSR count). The van der Waals surface area contributed by atoms with Crippen LogP contribution in [0.1, 0.15) is 51.0 Å². The minimum atomic E-state index is -0.232. The van der Waals surface area contributed by atoms with E-state index in [-0.39, 0.29) is 23.4 Å². The molecule has 1 heterocycles. The monoisotopic (exact) mass is 366 g/mol. The minimum Gasteiger partial charge on any atom is -0.504 e. The highest BCUT2D eigenvalue weighted by molar-refractivity contribution is 6.26. The highest BCUT2D eigenvalue weighted by Crippen LogP contribution is 2.33. The van der Waals surface area contributed by atoms with E-state index in [0.29, 0.717) is 23.4 Å². The second-order valence-corrected chi connectivity index (χ2v) is 6.88. The van der Waals surface area contributed by atoms with Crippen molar-refractivity contribution in [1.29, 1.82) is 0 Å². The molecule has 1 aliphatic rings. The van der Waals surface area contributed by atoms with E-state index >= 15 is 0 Å². The summed E-state index contributed by atoms with van der Waals surface area (Å²) in [4.78, 5) is 19.8. The Morgan fingerprint density at radius 2 is 1.93 bits per heavy atom. The largest absolute Gasteiger partial charge is 0.504 e. The molecule has 0 spiro atoms. The van der Waals surface area contributed by atoms with Crippen LogP contribution in [-0.4, -0.2) is 27.1 Å². The van der Waals surface area contributed by atoms with Crippen molar-refractivity contribution in [2.24, 2.45) is 0 Å². The number of benzene rings is 1. The molecule has 5 nitrogen and oxygen atoms in total. The number of nitrogens with zero attached hydrogens (tertiary/aromatic N) is 2. The predicted molar refractivity (Wildman–Crippen MR) is 107 cm³/mol. The molecule has 5 heteroatoms. The number of phenols is 2. The normalized spacial score (nSPS) is 15.5. The molecule has 0 atom stereocenters. The summed E-state index contributed by atoms with van der Waals surface area (Å²) >= 11 is 0. The molecule has 0 unspecified atom stereocenters. The predicted octanol–water partition coefficient (Wildman–Crippen LogP) is 4.65. The fourth-order valence-corrected chi connectivity index (χ4v) is 3.65. The summed E-state index contributed by atoms with van der Waals surface area (Å²) < 4.78 is 0. The van der Waals surface area contributed by atoms with Crippen LogP contribution in [0, 0.1) is 0 Å². The molecular formula is C22H26N2O3. The summed E-state index contributed by atoms with van der Waals surface area (Å²) in [5.41, 5.74) is 1.11. The van der Waals surface area contributed by atoms with Crippen molar-refractivity contribution in [3.05, 3.63) is 54.2 Å². The maximum absolute atomic E-state index is 13.6. The number of aromatic nitrogens is 1. The van der Waals surface area contributed by atoms with Gasteiger partial charge in [0, 0.05) is 17.8 Å². The van der Waals surface area contributed by atoms with Gasteiger partial charge in [-0.2, -0.15) is 0 Å². The van der Waals surface area contributed by atoms with E-state index in [0.717, 1.165) is 25.7 Å². The Balaban J connectivity index is 2.01. The van der Waals surface area contributed by atoms with E-state index in [2.05, 4.69) is 4.98 Å². The van der Waals surface area contributed by atoms with Crippen LogP contribution in [0.25, 0.3) is 5.57 Å². The molecule has 0 bridgehead atoms. The number of carbonyl (C=O) groups is 1. The third-order valence-corrected chi connectivity index (χ3v) is 4.98. The van der Waals surface area contributed by atoms with Crippen molar-refractivity contribution in [1.82, 2.24) is 4.98 Å². The second-order valence-electron chi connectivity index (χ2n) is 6.88. The van der Waals surface area contributed by atoms with Gasteiger partial charge in [0.05, 0.1) is 0 Å². The Labute approximate surface area is 160 Å². The number of allylic oxidation sites excluding steroid dienone is 1. The first-order valence-electron chi connectivity index (χ1n) is 9.59. The van der Waals surface area contributed by atoms with Crippen molar-refractivity contribution in [2.75, 3.05) is 4.90 Å². The first-order chi connectivity index (χ1) is 13.1. The van der Waals surface area contributed by atoms with Gasteiger partial charge in [-0.25, -0.2) is 4.98 Å². The van der Waals surface area contributed by atoms with Gasteiger partial charge in [-0.15, -0.1) is 0 Å². The molecule has 1 aromatic carbocycles. The number of carbonyl (C=O) groups excluding carboxylic acids is 1. The first-order valence-corrected chi connectivity index (χ1v) is 9.59. The minimum absolute atomic E-state index is 0.118. The highest BCUT2D eigenvalue weighted by Gasteiger charge is 2.30. The van der Waals surface area contributed by atoms with E-state index in [4.69, 9.17) is 0 Å². The number of anilines is 1. The number of rotatable bonds is 5. The van der Waals surface area contributed by atoms with Crippen molar-refractivity contribution in [3.8, 4) is 11.5 Å². The summed E-state index contributed by atoms with van der Waals surface area (Å²) in [5, 5.41) is 19.5. The average Bonchev–Trinajstić information content (AvgIpc) is 2.70. The van der Waals surface area contributed by atoms with E-state index in [1.54, 1.807) is 12.3 Å². The molecule has 1 saturated carbocycles. The Morgan fingerprint density at radius 1 is 1.15 bits per heavy atom.